The van der Waals surface area contributed by atoms with E-state index in [9.17, 15) is 13.2 Å². The van der Waals surface area contributed by atoms with Crippen LogP contribution < -0.4 is 5.32 Å². The van der Waals surface area contributed by atoms with Gasteiger partial charge in [0.2, 0.25) is 0 Å². The third-order valence-corrected chi connectivity index (χ3v) is 3.43. The van der Waals surface area contributed by atoms with Crippen molar-refractivity contribution >= 4 is 28.9 Å². The summed E-state index contributed by atoms with van der Waals surface area (Å²) in [6.07, 6.45) is -4.32. The average molecular weight is 286 g/mol. The van der Waals surface area contributed by atoms with E-state index in [0.29, 0.717) is 5.69 Å². The summed E-state index contributed by atoms with van der Waals surface area (Å²) in [7, 11) is 0. The van der Waals surface area contributed by atoms with Gasteiger partial charge in [-0.05, 0) is 31.2 Å². The molecule has 6 heteroatoms. The van der Waals surface area contributed by atoms with E-state index in [2.05, 4.69) is 5.32 Å². The highest BCUT2D eigenvalue weighted by atomic mass is 35.5. The number of alkyl halides is 5. The van der Waals surface area contributed by atoms with Crippen molar-refractivity contribution in [3.05, 3.63) is 29.8 Å². The van der Waals surface area contributed by atoms with E-state index in [-0.39, 0.29) is 11.8 Å². The SMILES string of the molecule is CC(CCl)(CCl)Nc1ccc(C(F)(F)F)cc1. The molecule has 1 nitrogen and oxygen atoms in total. The van der Waals surface area contributed by atoms with Gasteiger partial charge in [0, 0.05) is 17.4 Å². The fourth-order valence-electron chi connectivity index (χ4n) is 1.19. The summed E-state index contributed by atoms with van der Waals surface area (Å²) in [6, 6.07) is 4.76. The molecule has 0 amide bonds. The van der Waals surface area contributed by atoms with Crippen molar-refractivity contribution in [1.82, 2.24) is 0 Å². The van der Waals surface area contributed by atoms with Crippen LogP contribution >= 0.6 is 23.2 Å². The minimum atomic E-state index is -4.32. The Hall–Kier alpha value is -0.610. The lowest BCUT2D eigenvalue weighted by Gasteiger charge is -2.27. The third-order valence-electron chi connectivity index (χ3n) is 2.25. The summed E-state index contributed by atoms with van der Waals surface area (Å²) >= 11 is 11.5. The van der Waals surface area contributed by atoms with E-state index >= 15 is 0 Å². The van der Waals surface area contributed by atoms with E-state index < -0.39 is 17.3 Å². The summed E-state index contributed by atoms with van der Waals surface area (Å²) in [5.74, 6) is 0.523. The van der Waals surface area contributed by atoms with E-state index in [1.807, 2.05) is 0 Å². The molecule has 0 unspecified atom stereocenters. The summed E-state index contributed by atoms with van der Waals surface area (Å²) in [4.78, 5) is 0. The highest BCUT2D eigenvalue weighted by Gasteiger charge is 2.30. The number of hydrogen-bond donors (Lipinski definition) is 1. The molecular formula is C11H12Cl2F3N. The molecule has 17 heavy (non-hydrogen) atoms. The zero-order valence-electron chi connectivity index (χ0n) is 9.11. The van der Waals surface area contributed by atoms with Gasteiger partial charge in [-0.2, -0.15) is 13.2 Å². The maximum absolute atomic E-state index is 12.3. The van der Waals surface area contributed by atoms with Crippen LogP contribution in [0.2, 0.25) is 0 Å². The molecule has 0 aliphatic carbocycles. The lowest BCUT2D eigenvalue weighted by atomic mass is 10.1. The van der Waals surface area contributed by atoms with Gasteiger partial charge in [-0.1, -0.05) is 0 Å². The van der Waals surface area contributed by atoms with Gasteiger partial charge < -0.3 is 5.32 Å². The second kappa shape index (κ2) is 5.36. The molecule has 96 valence electrons. The summed E-state index contributed by atoms with van der Waals surface area (Å²) in [6.45, 7) is 1.80. The minimum absolute atomic E-state index is 0.261. The Morgan fingerprint density at radius 2 is 1.53 bits per heavy atom. The fraction of sp³-hybridized carbons (Fsp3) is 0.455. The Kier molecular flexibility index (Phi) is 4.55. The monoisotopic (exact) mass is 285 g/mol. The Morgan fingerprint density at radius 1 is 1.06 bits per heavy atom. The predicted molar refractivity (Wildman–Crippen MR) is 64.9 cm³/mol. The van der Waals surface area contributed by atoms with Crippen molar-refractivity contribution in [3.63, 3.8) is 0 Å². The van der Waals surface area contributed by atoms with E-state index in [4.69, 9.17) is 23.2 Å². The van der Waals surface area contributed by atoms with Crippen LogP contribution in [0.5, 0.6) is 0 Å². The molecule has 0 fully saturated rings. The number of anilines is 1. The standard InChI is InChI=1S/C11H12Cl2F3N/c1-10(6-12,7-13)17-9-4-2-8(3-5-9)11(14,15)16/h2-5,17H,6-7H2,1H3. The quantitative estimate of drug-likeness (QED) is 0.811. The first-order chi connectivity index (χ1) is 7.80. The molecule has 0 saturated heterocycles. The molecule has 0 aliphatic heterocycles. The van der Waals surface area contributed by atoms with Crippen molar-refractivity contribution in [3.8, 4) is 0 Å². The summed E-state index contributed by atoms with van der Waals surface area (Å²) < 4.78 is 37.0. The Bertz CT molecular complexity index is 358. The van der Waals surface area contributed by atoms with Gasteiger partial charge in [-0.25, -0.2) is 0 Å². The Morgan fingerprint density at radius 3 is 1.88 bits per heavy atom. The third kappa shape index (κ3) is 3.96. The van der Waals surface area contributed by atoms with Crippen LogP contribution in [0.3, 0.4) is 0 Å². The van der Waals surface area contributed by atoms with Crippen molar-refractivity contribution in [1.29, 1.82) is 0 Å². The van der Waals surface area contributed by atoms with Crippen LogP contribution in [-0.4, -0.2) is 17.3 Å². The number of rotatable bonds is 4. The number of halogens is 5. The largest absolute Gasteiger partial charge is 0.416 e. The molecule has 1 aromatic rings. The maximum Gasteiger partial charge on any atom is 0.416 e. The normalized spacial score (nSPS) is 12.6. The topological polar surface area (TPSA) is 12.0 Å². The molecule has 0 aliphatic rings. The molecule has 0 atom stereocenters. The first kappa shape index (κ1) is 14.5. The van der Waals surface area contributed by atoms with Gasteiger partial charge in [-0.15, -0.1) is 23.2 Å². The van der Waals surface area contributed by atoms with E-state index in [1.165, 1.54) is 12.1 Å². The van der Waals surface area contributed by atoms with Crippen LogP contribution in [0.1, 0.15) is 12.5 Å². The second-order valence-corrected chi connectivity index (χ2v) is 4.56. The molecule has 0 heterocycles. The van der Waals surface area contributed by atoms with Crippen molar-refractivity contribution in [2.75, 3.05) is 17.1 Å². The van der Waals surface area contributed by atoms with Crippen LogP contribution in [-0.2, 0) is 6.18 Å². The lowest BCUT2D eigenvalue weighted by Crippen LogP contribution is -2.38. The van der Waals surface area contributed by atoms with Crippen molar-refractivity contribution < 1.29 is 13.2 Å². The van der Waals surface area contributed by atoms with E-state index in [0.717, 1.165) is 12.1 Å². The smallest absolute Gasteiger partial charge is 0.377 e. The fourth-order valence-corrected chi connectivity index (χ4v) is 1.61. The van der Waals surface area contributed by atoms with Crippen molar-refractivity contribution in [2.24, 2.45) is 0 Å². The highest BCUT2D eigenvalue weighted by Crippen LogP contribution is 2.30. The van der Waals surface area contributed by atoms with Gasteiger partial charge in [-0.3, -0.25) is 0 Å². The first-order valence-corrected chi connectivity index (χ1v) is 5.95. The Labute approximate surface area is 108 Å². The molecule has 0 aromatic heterocycles. The van der Waals surface area contributed by atoms with Crippen LogP contribution in [0.4, 0.5) is 18.9 Å². The predicted octanol–water partition coefficient (Wildman–Crippen LogP) is 4.35. The van der Waals surface area contributed by atoms with E-state index in [1.54, 1.807) is 6.92 Å². The van der Waals surface area contributed by atoms with Crippen LogP contribution in [0.15, 0.2) is 24.3 Å². The van der Waals surface area contributed by atoms with Crippen LogP contribution in [0.25, 0.3) is 0 Å². The van der Waals surface area contributed by atoms with Crippen LogP contribution in [0, 0.1) is 0 Å². The minimum Gasteiger partial charge on any atom is -0.377 e. The second-order valence-electron chi connectivity index (χ2n) is 4.03. The molecule has 1 rings (SSSR count). The maximum atomic E-state index is 12.3. The van der Waals surface area contributed by atoms with Gasteiger partial charge in [0.1, 0.15) is 0 Å². The lowest BCUT2D eigenvalue weighted by molar-refractivity contribution is -0.137. The van der Waals surface area contributed by atoms with Gasteiger partial charge >= 0.3 is 6.18 Å². The van der Waals surface area contributed by atoms with Gasteiger partial charge in [0.25, 0.3) is 0 Å². The number of hydrogen-bond acceptors (Lipinski definition) is 1. The number of benzene rings is 1. The highest BCUT2D eigenvalue weighted by molar-refractivity contribution is 6.22. The number of nitrogens with one attached hydrogen (secondary N) is 1. The summed E-state index contributed by atoms with van der Waals surface area (Å²) in [5, 5.41) is 3.00. The molecule has 1 N–H and O–H groups in total. The molecule has 0 spiro atoms. The summed E-state index contributed by atoms with van der Waals surface area (Å²) in [5.41, 5.74) is -0.661. The molecule has 0 saturated carbocycles. The van der Waals surface area contributed by atoms with Gasteiger partial charge in [0.15, 0.2) is 0 Å². The zero-order chi connectivity index (χ0) is 13.1. The molecule has 0 bridgehead atoms. The van der Waals surface area contributed by atoms with Crippen molar-refractivity contribution in [2.45, 2.75) is 18.6 Å². The first-order valence-electron chi connectivity index (χ1n) is 4.88. The molecular weight excluding hydrogens is 274 g/mol. The average Bonchev–Trinajstić information content (AvgIpc) is 2.28. The molecule has 0 radical (unpaired) electrons. The Balaban J connectivity index is 2.82. The molecule has 1 aromatic carbocycles. The zero-order valence-corrected chi connectivity index (χ0v) is 10.6. The van der Waals surface area contributed by atoms with Gasteiger partial charge in [0.05, 0.1) is 11.1 Å².